The normalized spacial score (nSPS) is 11.4. The van der Waals surface area contributed by atoms with E-state index in [1.807, 2.05) is 0 Å². The Hall–Kier alpha value is -2.23. The SMILES string of the molecule is CCN(CC)c1ccc2nc3cc(C)c(=[N+](CC)CC)cc-3oc2c1.[O-][Cl+3]([O-])([O-])[O-]. The Labute approximate surface area is 178 Å². The van der Waals surface area contributed by atoms with Crippen LogP contribution in [0.1, 0.15) is 33.3 Å². The Morgan fingerprint density at radius 1 is 0.967 bits per heavy atom. The maximum absolute atomic E-state index is 8.49. The first-order chi connectivity index (χ1) is 14.1. The number of hydrogen-bond donors (Lipinski definition) is 0. The molecule has 0 unspecified atom stereocenters. The highest BCUT2D eigenvalue weighted by Gasteiger charge is 2.15. The van der Waals surface area contributed by atoms with Crippen LogP contribution in [0.2, 0.25) is 0 Å². The van der Waals surface area contributed by atoms with Gasteiger partial charge in [0.15, 0.2) is 11.3 Å². The molecule has 1 aliphatic carbocycles. The van der Waals surface area contributed by atoms with Crippen molar-refractivity contribution in [2.75, 3.05) is 31.1 Å². The van der Waals surface area contributed by atoms with E-state index in [0.29, 0.717) is 0 Å². The zero-order chi connectivity index (χ0) is 22.5. The van der Waals surface area contributed by atoms with Crippen LogP contribution in [0.5, 0.6) is 0 Å². The molecule has 9 heteroatoms. The van der Waals surface area contributed by atoms with Crippen molar-refractivity contribution in [3.63, 3.8) is 0 Å². The number of anilines is 1. The number of nitrogens with zero attached hydrogens (tertiary/aromatic N) is 3. The highest BCUT2D eigenvalue weighted by atomic mass is 35.7. The summed E-state index contributed by atoms with van der Waals surface area (Å²) in [5.74, 6) is 0.844. The number of rotatable bonds is 5. The van der Waals surface area contributed by atoms with Gasteiger partial charge < -0.3 is 9.32 Å². The zero-order valence-corrected chi connectivity index (χ0v) is 18.7. The highest BCUT2D eigenvalue weighted by Crippen LogP contribution is 2.27. The molecule has 0 saturated carbocycles. The molecule has 2 aliphatic rings. The number of fused-ring (bicyclic) bond motifs is 2. The molecule has 30 heavy (non-hydrogen) atoms. The van der Waals surface area contributed by atoms with Crippen LogP contribution in [0.25, 0.3) is 22.6 Å². The third kappa shape index (κ3) is 6.13. The largest absolute Gasteiger partial charge is 0.452 e. The molecular formula is C21H28ClN3O5. The van der Waals surface area contributed by atoms with Crippen LogP contribution >= 0.6 is 0 Å². The molecule has 1 heterocycles. The van der Waals surface area contributed by atoms with Crippen molar-refractivity contribution in [1.82, 2.24) is 9.56 Å². The Bertz CT molecular complexity index is 1010. The summed E-state index contributed by atoms with van der Waals surface area (Å²) >= 11 is 0. The Morgan fingerprint density at radius 2 is 1.57 bits per heavy atom. The second-order valence-corrected chi connectivity index (χ2v) is 7.45. The van der Waals surface area contributed by atoms with E-state index in [9.17, 15) is 0 Å². The summed E-state index contributed by atoms with van der Waals surface area (Å²) in [7, 11) is -4.94. The van der Waals surface area contributed by atoms with Gasteiger partial charge in [-0.1, -0.05) is 0 Å². The summed E-state index contributed by atoms with van der Waals surface area (Å²) in [6, 6.07) is 10.5. The van der Waals surface area contributed by atoms with Crippen LogP contribution in [0.3, 0.4) is 0 Å². The molecule has 0 fully saturated rings. The Balaban J connectivity index is 0.000000575. The lowest BCUT2D eigenvalue weighted by Gasteiger charge is -2.21. The van der Waals surface area contributed by atoms with Crippen LogP contribution in [0.4, 0.5) is 5.69 Å². The fraction of sp³-hybridized carbons (Fsp3) is 0.429. The van der Waals surface area contributed by atoms with Crippen molar-refractivity contribution in [3.8, 4) is 11.5 Å². The quantitative estimate of drug-likeness (QED) is 0.375. The molecule has 1 aromatic rings. The molecule has 8 nitrogen and oxygen atoms in total. The number of halogens is 1. The maximum atomic E-state index is 8.49. The first-order valence-corrected chi connectivity index (χ1v) is 11.1. The van der Waals surface area contributed by atoms with Gasteiger partial charge in [0.05, 0.1) is 6.07 Å². The van der Waals surface area contributed by atoms with Crippen molar-refractivity contribution in [1.29, 1.82) is 0 Å². The summed E-state index contributed by atoms with van der Waals surface area (Å²) in [5.41, 5.74) is 5.07. The van der Waals surface area contributed by atoms with Gasteiger partial charge in [-0.05, 0) is 52.8 Å². The monoisotopic (exact) mass is 437 g/mol. The number of benzene rings is 2. The van der Waals surface area contributed by atoms with Crippen LogP contribution in [-0.4, -0.2) is 31.2 Å². The van der Waals surface area contributed by atoms with Gasteiger partial charge in [0.25, 0.3) is 0 Å². The second-order valence-electron chi connectivity index (χ2n) is 6.69. The molecule has 0 saturated heterocycles. The highest BCUT2D eigenvalue weighted by molar-refractivity contribution is 5.80. The third-order valence-corrected chi connectivity index (χ3v) is 4.91. The standard InChI is InChI=1S/C21H28N3O.ClHO4/c1-6-23(7-2)16-10-11-17-20(13-16)25-21-14-19(24(8-3)9-4)15(5)12-18(21)22-17;2-1(3,4)5/h10-14H,6-9H2,1-5H3;(H,2,3,4,5)/q+1;/p-1. The van der Waals surface area contributed by atoms with Crippen molar-refractivity contribution >= 4 is 16.8 Å². The maximum Gasteiger partial charge on any atom is 0.206 e. The molecule has 0 N–H and O–H groups in total. The zero-order valence-electron chi connectivity index (χ0n) is 18.0. The van der Waals surface area contributed by atoms with Crippen LogP contribution in [0.15, 0.2) is 34.7 Å². The minimum absolute atomic E-state index is 0.839. The second kappa shape index (κ2) is 10.2. The van der Waals surface area contributed by atoms with Crippen LogP contribution in [-0.2, 0) is 0 Å². The lowest BCUT2D eigenvalue weighted by molar-refractivity contribution is -2.00. The van der Waals surface area contributed by atoms with Gasteiger partial charge >= 0.3 is 0 Å². The predicted octanol–water partition coefficient (Wildman–Crippen LogP) is -0.857. The molecule has 0 spiro atoms. The fourth-order valence-electron chi connectivity index (χ4n) is 3.45. The van der Waals surface area contributed by atoms with E-state index in [4.69, 9.17) is 28.0 Å². The van der Waals surface area contributed by atoms with E-state index in [2.05, 4.69) is 74.4 Å². The van der Waals surface area contributed by atoms with Crippen LogP contribution in [0, 0.1) is 17.2 Å². The minimum Gasteiger partial charge on any atom is -0.452 e. The van der Waals surface area contributed by atoms with Gasteiger partial charge in [-0.25, -0.2) is 28.2 Å². The third-order valence-electron chi connectivity index (χ3n) is 4.91. The van der Waals surface area contributed by atoms with E-state index >= 15 is 0 Å². The lowest BCUT2D eigenvalue weighted by atomic mass is 10.1. The van der Waals surface area contributed by atoms with Gasteiger partial charge in [-0.2, -0.15) is 0 Å². The van der Waals surface area contributed by atoms with Gasteiger partial charge in [0.2, 0.25) is 5.36 Å². The number of hydrogen-bond acceptors (Lipinski definition) is 7. The molecule has 1 aromatic carbocycles. The first-order valence-electron chi connectivity index (χ1n) is 9.91. The average molecular weight is 438 g/mol. The number of aromatic nitrogens is 1. The molecule has 3 rings (SSSR count). The van der Waals surface area contributed by atoms with Gasteiger partial charge in [-0.15, -0.1) is 10.2 Å². The van der Waals surface area contributed by atoms with Gasteiger partial charge in [0.1, 0.15) is 24.3 Å². The molecule has 0 bridgehead atoms. The molecule has 0 amide bonds. The van der Waals surface area contributed by atoms with Crippen molar-refractivity contribution in [3.05, 3.63) is 41.3 Å². The number of aryl methyl sites for hydroxylation is 1. The van der Waals surface area contributed by atoms with Gasteiger partial charge in [-0.3, -0.25) is 0 Å². The average Bonchev–Trinajstić information content (AvgIpc) is 2.67. The minimum atomic E-state index is -4.94. The van der Waals surface area contributed by atoms with E-state index in [0.717, 1.165) is 48.7 Å². The molecule has 0 aromatic heterocycles. The van der Waals surface area contributed by atoms with E-state index in [-0.39, 0.29) is 0 Å². The summed E-state index contributed by atoms with van der Waals surface area (Å²) in [6.07, 6.45) is 0. The Morgan fingerprint density at radius 3 is 2.10 bits per heavy atom. The van der Waals surface area contributed by atoms with Crippen molar-refractivity contribution < 1.29 is 33.3 Å². The molecule has 0 radical (unpaired) electrons. The molecule has 164 valence electrons. The summed E-state index contributed by atoms with van der Waals surface area (Å²) < 4.78 is 42.6. The van der Waals surface area contributed by atoms with E-state index in [1.165, 1.54) is 16.6 Å². The summed E-state index contributed by atoms with van der Waals surface area (Å²) in [6.45, 7) is 14.8. The molecule has 1 aliphatic heterocycles. The summed E-state index contributed by atoms with van der Waals surface area (Å²) in [5, 5.41) is 1.22. The van der Waals surface area contributed by atoms with Crippen LogP contribution < -0.4 is 33.5 Å². The Kier molecular flexibility index (Phi) is 8.17. The van der Waals surface area contributed by atoms with Crippen molar-refractivity contribution in [2.45, 2.75) is 34.6 Å². The topological polar surface area (TPSA) is 125 Å². The first kappa shape index (κ1) is 24.0. The van der Waals surface area contributed by atoms with Gasteiger partial charge in [0, 0.05) is 30.4 Å². The van der Waals surface area contributed by atoms with E-state index in [1.54, 1.807) is 0 Å². The molecular weight excluding hydrogens is 410 g/mol. The fourth-order valence-corrected chi connectivity index (χ4v) is 3.45. The lowest BCUT2D eigenvalue weighted by Crippen LogP contribution is -2.68. The van der Waals surface area contributed by atoms with E-state index < -0.39 is 10.2 Å². The van der Waals surface area contributed by atoms with Crippen molar-refractivity contribution in [2.24, 2.45) is 0 Å². The molecule has 0 atom stereocenters. The smallest absolute Gasteiger partial charge is 0.206 e. The predicted molar refractivity (Wildman–Crippen MR) is 105 cm³/mol. The summed E-state index contributed by atoms with van der Waals surface area (Å²) in [4.78, 5) is 7.13.